The van der Waals surface area contributed by atoms with Gasteiger partial charge in [0.1, 0.15) is 0 Å². The van der Waals surface area contributed by atoms with Crippen LogP contribution in [0.15, 0.2) is 12.4 Å². The standard InChI is InChI=1S/C8H16N2.6FH.Sb/c1-3-4-5-10-7-6-9(2)8-10;;;;;;;/h6-7H,3-5,8H2,1-2H3;6*1H;/q;;;;;;;+5/p-6. The van der Waals surface area contributed by atoms with Crippen molar-refractivity contribution >= 4 is 19.5 Å². The van der Waals surface area contributed by atoms with Gasteiger partial charge < -0.3 is 9.80 Å². The molecule has 1 heterocycles. The van der Waals surface area contributed by atoms with E-state index in [0.717, 1.165) is 6.67 Å². The number of nitrogens with zero attached hydrogens (tertiary/aromatic N) is 2. The maximum atomic E-state index is 9.93. The van der Waals surface area contributed by atoms with Crippen LogP contribution in [-0.4, -0.2) is 49.5 Å². The van der Waals surface area contributed by atoms with Crippen molar-refractivity contribution < 1.29 is 16.9 Å². The molecule has 0 aromatic carbocycles. The first kappa shape index (κ1) is 16.7. The van der Waals surface area contributed by atoms with Crippen molar-refractivity contribution in [2.24, 2.45) is 0 Å². The molecule has 0 aromatic rings. The Morgan fingerprint density at radius 3 is 1.82 bits per heavy atom. The van der Waals surface area contributed by atoms with Gasteiger partial charge in [0.2, 0.25) is 0 Å². The van der Waals surface area contributed by atoms with Crippen molar-refractivity contribution in [3.05, 3.63) is 12.4 Å². The van der Waals surface area contributed by atoms with Crippen LogP contribution < -0.4 is 0 Å². The van der Waals surface area contributed by atoms with Crippen molar-refractivity contribution in [2.75, 3.05) is 20.3 Å². The van der Waals surface area contributed by atoms with Crippen molar-refractivity contribution in [1.82, 2.24) is 9.80 Å². The third-order valence-electron chi connectivity index (χ3n) is 1.74. The number of halogens is 6. The molecule has 0 aliphatic carbocycles. The van der Waals surface area contributed by atoms with Crippen molar-refractivity contribution in [1.29, 1.82) is 0 Å². The predicted molar refractivity (Wildman–Crippen MR) is 55.8 cm³/mol. The maximum absolute atomic E-state index is 11.2. The second-order valence-corrected chi connectivity index (χ2v) is 9.29. The first-order chi connectivity index (χ1) is 7.28. The third kappa shape index (κ3) is 18.3. The van der Waals surface area contributed by atoms with Gasteiger partial charge in [0.25, 0.3) is 0 Å². The van der Waals surface area contributed by atoms with E-state index in [2.05, 4.69) is 36.2 Å². The average molecular weight is 376 g/mol. The van der Waals surface area contributed by atoms with Crippen LogP contribution in [0.3, 0.4) is 0 Å². The Hall–Kier alpha value is -0.262. The molecule has 0 saturated heterocycles. The number of hydrogen-bond acceptors (Lipinski definition) is 2. The van der Waals surface area contributed by atoms with E-state index in [1.165, 1.54) is 19.4 Å². The minimum atomic E-state index is -11.2. The fourth-order valence-corrected chi connectivity index (χ4v) is 1.10. The molecule has 17 heavy (non-hydrogen) atoms. The normalized spacial score (nSPS) is 19.5. The van der Waals surface area contributed by atoms with Crippen LogP contribution in [0.5, 0.6) is 0 Å². The molecule has 0 saturated carbocycles. The zero-order chi connectivity index (χ0) is 13.8. The molecule has 0 radical (unpaired) electrons. The summed E-state index contributed by atoms with van der Waals surface area (Å²) in [6, 6.07) is 0. The molecule has 0 N–H and O–H groups in total. The molecular formula is C8H16F6N2Sb-. The Morgan fingerprint density at radius 1 is 1.06 bits per heavy atom. The summed E-state index contributed by atoms with van der Waals surface area (Å²) in [5.74, 6) is 0. The minimum absolute atomic E-state index is 1.07. The first-order valence-corrected chi connectivity index (χ1v) is 10.8. The topological polar surface area (TPSA) is 6.48 Å². The fourth-order valence-electron chi connectivity index (χ4n) is 1.10. The zero-order valence-electron chi connectivity index (χ0n) is 9.59. The summed E-state index contributed by atoms with van der Waals surface area (Å²) < 4.78 is 59.6. The van der Waals surface area contributed by atoms with E-state index in [0.29, 0.717) is 0 Å². The molecular weight excluding hydrogens is 360 g/mol. The molecule has 9 heteroatoms. The Bertz CT molecular complexity index is 260. The van der Waals surface area contributed by atoms with Crippen LogP contribution in [0.25, 0.3) is 0 Å². The molecule has 1 aliphatic heterocycles. The van der Waals surface area contributed by atoms with Crippen LogP contribution >= 0.6 is 0 Å². The molecule has 0 bridgehead atoms. The van der Waals surface area contributed by atoms with Crippen LogP contribution in [0.1, 0.15) is 19.8 Å². The molecule has 0 amide bonds. The Balaban J connectivity index is 0.000000325. The van der Waals surface area contributed by atoms with E-state index < -0.39 is 19.5 Å². The summed E-state index contributed by atoms with van der Waals surface area (Å²) in [6.45, 7) is 4.50. The SMILES string of the molecule is CCCCN1C=CN(C)C1.[F][Sb-]([F])([F])([F])([F])[F]. The van der Waals surface area contributed by atoms with Crippen LogP contribution in [0.4, 0.5) is 16.9 Å². The number of unbranched alkanes of at least 4 members (excludes halogenated alkanes) is 1. The van der Waals surface area contributed by atoms with E-state index in [-0.39, 0.29) is 0 Å². The van der Waals surface area contributed by atoms with E-state index in [9.17, 15) is 16.9 Å². The van der Waals surface area contributed by atoms with Gasteiger partial charge in [-0.2, -0.15) is 0 Å². The molecule has 106 valence electrons. The average Bonchev–Trinajstić information content (AvgIpc) is 2.42. The second-order valence-electron chi connectivity index (χ2n) is 3.82. The third-order valence-corrected chi connectivity index (χ3v) is 1.74. The molecule has 1 rings (SSSR count). The summed E-state index contributed by atoms with van der Waals surface area (Å²) in [5, 5.41) is 0. The van der Waals surface area contributed by atoms with Crippen molar-refractivity contribution in [2.45, 2.75) is 19.8 Å². The molecule has 0 spiro atoms. The van der Waals surface area contributed by atoms with E-state index in [1.54, 1.807) is 0 Å². The van der Waals surface area contributed by atoms with Crippen LogP contribution in [0, 0.1) is 0 Å². The summed E-state index contributed by atoms with van der Waals surface area (Å²) in [5.41, 5.74) is 0. The van der Waals surface area contributed by atoms with Gasteiger partial charge in [0.15, 0.2) is 0 Å². The van der Waals surface area contributed by atoms with Gasteiger partial charge in [-0.05, 0) is 6.42 Å². The summed E-state index contributed by atoms with van der Waals surface area (Å²) in [7, 11) is 2.10. The Morgan fingerprint density at radius 2 is 1.53 bits per heavy atom. The fraction of sp³-hybridized carbons (Fsp3) is 0.750. The quantitative estimate of drug-likeness (QED) is 0.549. The summed E-state index contributed by atoms with van der Waals surface area (Å²) in [6.07, 6.45) is 6.87. The monoisotopic (exact) mass is 375 g/mol. The van der Waals surface area contributed by atoms with Gasteiger partial charge in [0, 0.05) is 26.0 Å². The van der Waals surface area contributed by atoms with Crippen LogP contribution in [-0.2, 0) is 0 Å². The Labute approximate surface area is 98.8 Å². The van der Waals surface area contributed by atoms with Gasteiger partial charge in [-0.1, -0.05) is 13.3 Å². The summed E-state index contributed by atoms with van der Waals surface area (Å²) >= 11 is -11.2. The van der Waals surface area contributed by atoms with Crippen molar-refractivity contribution in [3.8, 4) is 0 Å². The molecule has 0 fully saturated rings. The predicted octanol–water partition coefficient (Wildman–Crippen LogP) is 3.60. The molecule has 0 atom stereocenters. The number of hydrogen-bond donors (Lipinski definition) is 0. The molecule has 1 aliphatic rings. The summed E-state index contributed by atoms with van der Waals surface area (Å²) in [4.78, 5) is 4.53. The van der Waals surface area contributed by atoms with Gasteiger partial charge in [-0.15, -0.1) is 0 Å². The zero-order valence-corrected chi connectivity index (χ0v) is 12.1. The van der Waals surface area contributed by atoms with Gasteiger partial charge >= 0.3 is 36.4 Å². The number of rotatable bonds is 3. The van der Waals surface area contributed by atoms with E-state index in [1.807, 2.05) is 0 Å². The van der Waals surface area contributed by atoms with Gasteiger partial charge in [0.05, 0.1) is 6.67 Å². The molecule has 0 aromatic heterocycles. The molecule has 2 nitrogen and oxygen atoms in total. The second kappa shape index (κ2) is 4.78. The molecule has 0 unspecified atom stereocenters. The van der Waals surface area contributed by atoms with Gasteiger partial charge in [-0.3, -0.25) is 0 Å². The van der Waals surface area contributed by atoms with Gasteiger partial charge in [-0.25, -0.2) is 0 Å². The Kier molecular flexibility index (Phi) is 4.71. The van der Waals surface area contributed by atoms with E-state index in [4.69, 9.17) is 0 Å². The van der Waals surface area contributed by atoms with E-state index >= 15 is 0 Å². The first-order valence-electron chi connectivity index (χ1n) is 4.97. The van der Waals surface area contributed by atoms with Crippen molar-refractivity contribution in [3.63, 3.8) is 0 Å². The van der Waals surface area contributed by atoms with Crippen LogP contribution in [0.2, 0.25) is 0 Å².